The molecule has 3 nitrogen and oxygen atoms in total. The van der Waals surface area contributed by atoms with Gasteiger partial charge in [-0.25, -0.2) is 0 Å². The van der Waals surface area contributed by atoms with Crippen LogP contribution in [0.4, 0.5) is 11.6 Å². The van der Waals surface area contributed by atoms with Crippen LogP contribution in [-0.2, 0) is 0 Å². The van der Waals surface area contributed by atoms with Crippen molar-refractivity contribution in [2.75, 3.05) is 18.0 Å². The third-order valence-electron chi connectivity index (χ3n) is 3.25. The first-order chi connectivity index (χ1) is 9.72. The van der Waals surface area contributed by atoms with Crippen LogP contribution in [0.2, 0.25) is 5.02 Å². The molecule has 0 saturated carbocycles. The van der Waals surface area contributed by atoms with Crippen molar-refractivity contribution in [1.29, 1.82) is 0 Å². The van der Waals surface area contributed by atoms with Crippen LogP contribution in [0, 0.1) is 0 Å². The Morgan fingerprint density at radius 1 is 1.20 bits per heavy atom. The van der Waals surface area contributed by atoms with E-state index in [1.165, 1.54) is 12.8 Å². The molecule has 3 rings (SSSR count). The Kier molecular flexibility index (Phi) is 4.13. The number of rotatable bonds is 3. The van der Waals surface area contributed by atoms with Crippen molar-refractivity contribution in [2.45, 2.75) is 12.8 Å². The van der Waals surface area contributed by atoms with E-state index in [0.717, 1.165) is 34.9 Å². The van der Waals surface area contributed by atoms with Gasteiger partial charge in [-0.2, -0.15) is 0 Å². The fourth-order valence-corrected chi connectivity index (χ4v) is 2.92. The SMILES string of the molecule is Clc1ccc(N=Cc2cc(Br)c(N3CCCC3)o2)cc1. The van der Waals surface area contributed by atoms with Crippen LogP contribution in [0.3, 0.4) is 0 Å². The number of anilines is 1. The van der Waals surface area contributed by atoms with Crippen molar-refractivity contribution in [1.82, 2.24) is 0 Å². The monoisotopic (exact) mass is 352 g/mol. The highest BCUT2D eigenvalue weighted by atomic mass is 79.9. The molecule has 0 unspecified atom stereocenters. The van der Waals surface area contributed by atoms with E-state index in [0.29, 0.717) is 5.02 Å². The second kappa shape index (κ2) is 6.02. The van der Waals surface area contributed by atoms with Gasteiger partial charge in [0, 0.05) is 24.2 Å². The van der Waals surface area contributed by atoms with Gasteiger partial charge in [-0.05, 0) is 53.0 Å². The van der Waals surface area contributed by atoms with Crippen LogP contribution < -0.4 is 4.90 Å². The first kappa shape index (κ1) is 13.7. The smallest absolute Gasteiger partial charge is 0.210 e. The Morgan fingerprint density at radius 3 is 2.60 bits per heavy atom. The van der Waals surface area contributed by atoms with Gasteiger partial charge in [-0.1, -0.05) is 11.6 Å². The molecule has 2 heterocycles. The molecule has 0 N–H and O–H groups in total. The molecule has 1 aromatic heterocycles. The molecule has 5 heteroatoms. The maximum Gasteiger partial charge on any atom is 0.210 e. The van der Waals surface area contributed by atoms with Gasteiger partial charge in [0.1, 0.15) is 5.76 Å². The summed E-state index contributed by atoms with van der Waals surface area (Å²) in [6.45, 7) is 2.11. The lowest BCUT2D eigenvalue weighted by molar-refractivity contribution is 0.549. The molecule has 1 fully saturated rings. The molecule has 0 spiro atoms. The Labute approximate surface area is 131 Å². The Hall–Kier alpha value is -1.26. The van der Waals surface area contributed by atoms with Gasteiger partial charge >= 0.3 is 0 Å². The third-order valence-corrected chi connectivity index (χ3v) is 4.07. The first-order valence-electron chi connectivity index (χ1n) is 6.56. The van der Waals surface area contributed by atoms with Gasteiger partial charge in [-0.3, -0.25) is 4.99 Å². The fourth-order valence-electron chi connectivity index (χ4n) is 2.24. The van der Waals surface area contributed by atoms with E-state index >= 15 is 0 Å². The van der Waals surface area contributed by atoms with E-state index in [1.807, 2.05) is 30.3 Å². The normalized spacial score (nSPS) is 15.4. The minimum Gasteiger partial charge on any atom is -0.438 e. The van der Waals surface area contributed by atoms with E-state index in [2.05, 4.69) is 25.8 Å². The molecule has 20 heavy (non-hydrogen) atoms. The molecule has 1 aliphatic rings. The third kappa shape index (κ3) is 3.07. The quantitative estimate of drug-likeness (QED) is 0.723. The topological polar surface area (TPSA) is 28.7 Å². The Balaban J connectivity index is 1.77. The predicted molar refractivity (Wildman–Crippen MR) is 86.6 cm³/mol. The largest absolute Gasteiger partial charge is 0.438 e. The zero-order chi connectivity index (χ0) is 13.9. The van der Waals surface area contributed by atoms with Crippen molar-refractivity contribution >= 4 is 45.3 Å². The van der Waals surface area contributed by atoms with Crippen molar-refractivity contribution in [2.24, 2.45) is 4.99 Å². The lowest BCUT2D eigenvalue weighted by Gasteiger charge is -2.13. The summed E-state index contributed by atoms with van der Waals surface area (Å²) in [5, 5.41) is 0.709. The van der Waals surface area contributed by atoms with Crippen molar-refractivity contribution in [3.8, 4) is 0 Å². The van der Waals surface area contributed by atoms with Crippen LogP contribution >= 0.6 is 27.5 Å². The molecule has 0 atom stereocenters. The standard InChI is InChI=1S/C15H14BrClN2O/c16-14-9-13(20-15(14)19-7-1-2-8-19)10-18-12-5-3-11(17)4-6-12/h3-6,9-10H,1-2,7-8H2. The number of hydrogen-bond donors (Lipinski definition) is 0. The van der Waals surface area contributed by atoms with E-state index < -0.39 is 0 Å². The molecule has 2 aromatic rings. The number of halogens is 2. The number of nitrogens with zero attached hydrogens (tertiary/aromatic N) is 2. The minimum atomic E-state index is 0.709. The van der Waals surface area contributed by atoms with E-state index in [-0.39, 0.29) is 0 Å². The van der Waals surface area contributed by atoms with E-state index in [4.69, 9.17) is 16.0 Å². The summed E-state index contributed by atoms with van der Waals surface area (Å²) >= 11 is 9.39. The summed E-state index contributed by atoms with van der Waals surface area (Å²) in [7, 11) is 0. The number of furan rings is 1. The van der Waals surface area contributed by atoms with Gasteiger partial charge in [-0.15, -0.1) is 0 Å². The summed E-state index contributed by atoms with van der Waals surface area (Å²) in [6, 6.07) is 9.34. The lowest BCUT2D eigenvalue weighted by Crippen LogP contribution is -2.17. The predicted octanol–water partition coefficient (Wildman–Crippen LogP) is 5.05. The van der Waals surface area contributed by atoms with E-state index in [1.54, 1.807) is 6.21 Å². The molecular weight excluding hydrogens is 340 g/mol. The van der Waals surface area contributed by atoms with Gasteiger partial charge in [0.25, 0.3) is 0 Å². The number of hydrogen-bond acceptors (Lipinski definition) is 3. The second-order valence-corrected chi connectivity index (χ2v) is 6.02. The summed E-state index contributed by atoms with van der Waals surface area (Å²) in [4.78, 5) is 6.64. The van der Waals surface area contributed by atoms with Gasteiger partial charge in [0.15, 0.2) is 0 Å². The number of benzene rings is 1. The van der Waals surface area contributed by atoms with Gasteiger partial charge in [0.05, 0.1) is 16.4 Å². The second-order valence-electron chi connectivity index (χ2n) is 4.73. The van der Waals surface area contributed by atoms with Gasteiger partial charge < -0.3 is 9.32 Å². The van der Waals surface area contributed by atoms with Crippen LogP contribution in [0.15, 0.2) is 44.2 Å². The summed E-state index contributed by atoms with van der Waals surface area (Å²) in [6.07, 6.45) is 4.18. The highest BCUT2D eigenvalue weighted by Crippen LogP contribution is 2.32. The number of aliphatic imine (C=N–C) groups is 1. The Morgan fingerprint density at radius 2 is 1.90 bits per heavy atom. The van der Waals surface area contributed by atoms with Crippen LogP contribution in [0.1, 0.15) is 18.6 Å². The fraction of sp³-hybridized carbons (Fsp3) is 0.267. The maximum atomic E-state index is 5.85. The zero-order valence-electron chi connectivity index (χ0n) is 10.9. The summed E-state index contributed by atoms with van der Waals surface area (Å²) in [5.41, 5.74) is 0.852. The molecule has 0 aliphatic carbocycles. The molecule has 0 radical (unpaired) electrons. The molecule has 1 aliphatic heterocycles. The molecule has 1 aromatic carbocycles. The van der Waals surface area contributed by atoms with E-state index in [9.17, 15) is 0 Å². The summed E-state index contributed by atoms with van der Waals surface area (Å²) in [5.74, 6) is 1.65. The van der Waals surface area contributed by atoms with Crippen LogP contribution in [-0.4, -0.2) is 19.3 Å². The molecule has 0 amide bonds. The van der Waals surface area contributed by atoms with Gasteiger partial charge in [0.2, 0.25) is 5.88 Å². The molecule has 104 valence electrons. The van der Waals surface area contributed by atoms with Crippen molar-refractivity contribution < 1.29 is 4.42 Å². The average molecular weight is 354 g/mol. The maximum absolute atomic E-state index is 5.85. The minimum absolute atomic E-state index is 0.709. The Bertz CT molecular complexity index is 615. The lowest BCUT2D eigenvalue weighted by atomic mass is 10.3. The summed E-state index contributed by atoms with van der Waals surface area (Å²) < 4.78 is 6.83. The highest BCUT2D eigenvalue weighted by molar-refractivity contribution is 9.10. The zero-order valence-corrected chi connectivity index (χ0v) is 13.2. The highest BCUT2D eigenvalue weighted by Gasteiger charge is 2.19. The van der Waals surface area contributed by atoms with Crippen molar-refractivity contribution in [3.63, 3.8) is 0 Å². The van der Waals surface area contributed by atoms with Crippen LogP contribution in [0.25, 0.3) is 0 Å². The molecular formula is C15H14BrClN2O. The van der Waals surface area contributed by atoms with Crippen LogP contribution in [0.5, 0.6) is 0 Å². The average Bonchev–Trinajstić information content (AvgIpc) is 3.07. The molecule has 0 bridgehead atoms. The van der Waals surface area contributed by atoms with Crippen molar-refractivity contribution in [3.05, 3.63) is 45.6 Å². The molecule has 1 saturated heterocycles. The first-order valence-corrected chi connectivity index (χ1v) is 7.73.